The third kappa shape index (κ3) is 3.11. The summed E-state index contributed by atoms with van der Waals surface area (Å²) in [6.07, 6.45) is 0. The van der Waals surface area contributed by atoms with Crippen LogP contribution in [-0.2, 0) is 24.9 Å². The lowest BCUT2D eigenvalue weighted by Crippen LogP contribution is -2.41. The Hall–Kier alpha value is -3.07. The first kappa shape index (κ1) is 19.3. The van der Waals surface area contributed by atoms with E-state index in [9.17, 15) is 9.59 Å². The van der Waals surface area contributed by atoms with Crippen molar-refractivity contribution in [1.29, 1.82) is 0 Å². The zero-order valence-corrected chi connectivity index (χ0v) is 17.1. The molecule has 3 heterocycles. The summed E-state index contributed by atoms with van der Waals surface area (Å²) < 4.78 is 15.0. The molecule has 0 aliphatic carbocycles. The van der Waals surface area contributed by atoms with E-state index in [1.165, 1.54) is 9.13 Å². The van der Waals surface area contributed by atoms with E-state index in [1.807, 2.05) is 28.8 Å². The van der Waals surface area contributed by atoms with E-state index in [4.69, 9.17) is 14.5 Å². The van der Waals surface area contributed by atoms with Crippen LogP contribution in [0.1, 0.15) is 6.92 Å². The standard InChI is InChI=1S/C20H25N5O4/c1-13-11-24(14-6-5-7-15(10-14)29-4)19-21-17-16(25(19)12-13)18(26)23(8-9-28-3)20(27)22(17)2/h5-7,10,13H,8-9,11-12H2,1-4H3/t13-/m1/s1. The maximum absolute atomic E-state index is 13.2. The van der Waals surface area contributed by atoms with Crippen molar-refractivity contribution < 1.29 is 9.47 Å². The molecule has 0 amide bonds. The largest absolute Gasteiger partial charge is 0.497 e. The molecule has 0 N–H and O–H groups in total. The lowest BCUT2D eigenvalue weighted by Gasteiger charge is -2.33. The van der Waals surface area contributed by atoms with Gasteiger partial charge in [-0.15, -0.1) is 0 Å². The molecule has 29 heavy (non-hydrogen) atoms. The van der Waals surface area contributed by atoms with Crippen molar-refractivity contribution in [2.45, 2.75) is 20.0 Å². The van der Waals surface area contributed by atoms with Crippen LogP contribution in [-0.4, -0.2) is 46.1 Å². The fraction of sp³-hybridized carbons (Fsp3) is 0.450. The summed E-state index contributed by atoms with van der Waals surface area (Å²) in [4.78, 5) is 32.7. The maximum atomic E-state index is 13.2. The number of nitrogens with zero attached hydrogens (tertiary/aromatic N) is 5. The van der Waals surface area contributed by atoms with Gasteiger partial charge in [0.1, 0.15) is 5.75 Å². The van der Waals surface area contributed by atoms with Gasteiger partial charge >= 0.3 is 5.69 Å². The number of benzene rings is 1. The second kappa shape index (κ2) is 7.40. The number of hydrogen-bond donors (Lipinski definition) is 0. The van der Waals surface area contributed by atoms with Gasteiger partial charge < -0.3 is 18.9 Å². The first-order chi connectivity index (χ1) is 14.0. The molecule has 9 nitrogen and oxygen atoms in total. The number of rotatable bonds is 5. The van der Waals surface area contributed by atoms with E-state index < -0.39 is 5.69 Å². The average molecular weight is 399 g/mol. The van der Waals surface area contributed by atoms with Crippen molar-refractivity contribution >= 4 is 22.8 Å². The highest BCUT2D eigenvalue weighted by Crippen LogP contribution is 2.34. The summed E-state index contributed by atoms with van der Waals surface area (Å²) in [6, 6.07) is 7.74. The highest BCUT2D eigenvalue weighted by molar-refractivity contribution is 5.77. The number of aromatic nitrogens is 4. The van der Waals surface area contributed by atoms with Crippen molar-refractivity contribution in [2.24, 2.45) is 13.0 Å². The Morgan fingerprint density at radius 1 is 1.21 bits per heavy atom. The Morgan fingerprint density at radius 2 is 2.00 bits per heavy atom. The van der Waals surface area contributed by atoms with E-state index in [1.54, 1.807) is 21.3 Å². The number of fused-ring (bicyclic) bond motifs is 3. The van der Waals surface area contributed by atoms with Crippen LogP contribution in [0.2, 0.25) is 0 Å². The monoisotopic (exact) mass is 399 g/mol. The van der Waals surface area contributed by atoms with Gasteiger partial charge in [-0.25, -0.2) is 4.79 Å². The first-order valence-corrected chi connectivity index (χ1v) is 9.56. The van der Waals surface area contributed by atoms with Crippen LogP contribution < -0.4 is 20.9 Å². The van der Waals surface area contributed by atoms with Crippen molar-refractivity contribution in [3.63, 3.8) is 0 Å². The van der Waals surface area contributed by atoms with E-state index in [2.05, 4.69) is 11.8 Å². The Bertz CT molecular complexity index is 1180. The topological polar surface area (TPSA) is 83.5 Å². The molecule has 2 aromatic heterocycles. The van der Waals surface area contributed by atoms with Crippen molar-refractivity contribution in [3.8, 4) is 5.75 Å². The molecule has 1 aliphatic heterocycles. The molecule has 0 radical (unpaired) electrons. The second-order valence-electron chi connectivity index (χ2n) is 7.40. The Balaban J connectivity index is 1.96. The lowest BCUT2D eigenvalue weighted by molar-refractivity contribution is 0.184. The van der Waals surface area contributed by atoms with Gasteiger partial charge in [0.15, 0.2) is 11.2 Å². The molecule has 0 spiro atoms. The van der Waals surface area contributed by atoms with Gasteiger partial charge in [-0.1, -0.05) is 13.0 Å². The molecule has 0 saturated carbocycles. The summed E-state index contributed by atoms with van der Waals surface area (Å²) in [7, 11) is 4.82. The quantitative estimate of drug-likeness (QED) is 0.644. The van der Waals surface area contributed by atoms with Crippen LogP contribution >= 0.6 is 0 Å². The van der Waals surface area contributed by atoms with Gasteiger partial charge in [0, 0.05) is 39.0 Å². The smallest absolute Gasteiger partial charge is 0.332 e. The summed E-state index contributed by atoms with van der Waals surface area (Å²) in [5, 5.41) is 0. The molecule has 4 rings (SSSR count). The van der Waals surface area contributed by atoms with Gasteiger partial charge in [-0.3, -0.25) is 13.9 Å². The van der Waals surface area contributed by atoms with E-state index >= 15 is 0 Å². The number of hydrogen-bond acceptors (Lipinski definition) is 6. The zero-order chi connectivity index (χ0) is 20.7. The average Bonchev–Trinajstić information content (AvgIpc) is 3.11. The number of ether oxygens (including phenoxy) is 2. The van der Waals surface area contributed by atoms with Gasteiger partial charge in [-0.05, 0) is 18.1 Å². The minimum absolute atomic E-state index is 0.202. The molecule has 0 unspecified atom stereocenters. The van der Waals surface area contributed by atoms with Crippen LogP contribution in [0.3, 0.4) is 0 Å². The van der Waals surface area contributed by atoms with Gasteiger partial charge in [0.05, 0.1) is 20.3 Å². The molecule has 0 saturated heterocycles. The van der Waals surface area contributed by atoms with E-state index in [0.717, 1.165) is 18.0 Å². The Kier molecular flexibility index (Phi) is 4.91. The van der Waals surface area contributed by atoms with Crippen molar-refractivity contribution in [2.75, 3.05) is 32.3 Å². The molecule has 3 aromatic rings. The second-order valence-corrected chi connectivity index (χ2v) is 7.40. The summed E-state index contributed by atoms with van der Waals surface area (Å²) >= 11 is 0. The normalized spacial score (nSPS) is 16.3. The molecule has 9 heteroatoms. The minimum atomic E-state index is -0.393. The van der Waals surface area contributed by atoms with Crippen LogP contribution in [0.4, 0.5) is 11.6 Å². The maximum Gasteiger partial charge on any atom is 0.332 e. The van der Waals surface area contributed by atoms with E-state index in [0.29, 0.717) is 23.7 Å². The lowest BCUT2D eigenvalue weighted by atomic mass is 10.1. The molecular formula is C20H25N5O4. The van der Waals surface area contributed by atoms with Gasteiger partial charge in [0.25, 0.3) is 5.56 Å². The summed E-state index contributed by atoms with van der Waals surface area (Å²) in [5.41, 5.74) is 1.04. The fourth-order valence-corrected chi connectivity index (χ4v) is 3.88. The Morgan fingerprint density at radius 3 is 2.72 bits per heavy atom. The predicted octanol–water partition coefficient (Wildman–Crippen LogP) is 1.34. The van der Waals surface area contributed by atoms with Gasteiger partial charge in [0.2, 0.25) is 5.95 Å². The predicted molar refractivity (Wildman–Crippen MR) is 110 cm³/mol. The highest BCUT2D eigenvalue weighted by Gasteiger charge is 2.29. The minimum Gasteiger partial charge on any atom is -0.497 e. The molecule has 0 fully saturated rings. The molecule has 1 aromatic carbocycles. The molecule has 1 aliphatic rings. The van der Waals surface area contributed by atoms with Gasteiger partial charge in [-0.2, -0.15) is 4.98 Å². The molecular weight excluding hydrogens is 374 g/mol. The molecule has 0 bridgehead atoms. The third-order valence-electron chi connectivity index (χ3n) is 5.33. The van der Waals surface area contributed by atoms with E-state index in [-0.39, 0.29) is 24.6 Å². The van der Waals surface area contributed by atoms with Crippen LogP contribution in [0.15, 0.2) is 33.9 Å². The fourth-order valence-electron chi connectivity index (χ4n) is 3.88. The number of imidazole rings is 1. The molecule has 154 valence electrons. The SMILES string of the molecule is COCCn1c(=O)c2c(nc3n2C[C@H](C)CN3c2cccc(OC)c2)n(C)c1=O. The Labute approximate surface area is 167 Å². The first-order valence-electron chi connectivity index (χ1n) is 9.56. The van der Waals surface area contributed by atoms with Crippen LogP contribution in [0, 0.1) is 5.92 Å². The third-order valence-corrected chi connectivity index (χ3v) is 5.33. The van der Waals surface area contributed by atoms with Crippen LogP contribution in [0.25, 0.3) is 11.2 Å². The van der Waals surface area contributed by atoms with Crippen molar-refractivity contribution in [3.05, 3.63) is 45.1 Å². The number of aryl methyl sites for hydroxylation is 1. The summed E-state index contributed by atoms with van der Waals surface area (Å²) in [5.74, 6) is 1.69. The van der Waals surface area contributed by atoms with Crippen LogP contribution in [0.5, 0.6) is 5.75 Å². The zero-order valence-electron chi connectivity index (χ0n) is 17.1. The van der Waals surface area contributed by atoms with Crippen molar-refractivity contribution in [1.82, 2.24) is 18.7 Å². The summed E-state index contributed by atoms with van der Waals surface area (Å²) in [6.45, 7) is 4.03. The highest BCUT2D eigenvalue weighted by atomic mass is 16.5. The number of methoxy groups -OCH3 is 2. The molecule has 1 atom stereocenters. The number of anilines is 2.